The van der Waals surface area contributed by atoms with Gasteiger partial charge in [0.1, 0.15) is 5.82 Å². The largest absolute Gasteiger partial charge is 0.344 e. The highest BCUT2D eigenvalue weighted by Crippen LogP contribution is 2.31. The molecule has 3 heterocycles. The van der Waals surface area contributed by atoms with E-state index in [2.05, 4.69) is 20.2 Å². The molecular formula is C17H17N5O2. The van der Waals surface area contributed by atoms with Gasteiger partial charge in [-0.1, -0.05) is 18.2 Å². The molecule has 2 aromatic heterocycles. The lowest BCUT2D eigenvalue weighted by Gasteiger charge is -2.23. The number of carbonyl (C=O) groups excluding carboxylic acids is 1. The van der Waals surface area contributed by atoms with Gasteiger partial charge in [-0.15, -0.1) is 0 Å². The van der Waals surface area contributed by atoms with Crippen LogP contribution in [-0.2, 0) is 0 Å². The van der Waals surface area contributed by atoms with Crippen LogP contribution in [0.3, 0.4) is 0 Å². The Morgan fingerprint density at radius 2 is 2.08 bits per heavy atom. The topological polar surface area (TPSA) is 94.7 Å². The second-order valence-corrected chi connectivity index (χ2v) is 6.05. The maximum Gasteiger partial charge on any atom is 0.275 e. The number of hydrogen-bond acceptors (Lipinski definition) is 4. The fourth-order valence-corrected chi connectivity index (χ4v) is 3.31. The average molecular weight is 323 g/mol. The Balaban J connectivity index is 1.76. The predicted octanol–water partition coefficient (Wildman–Crippen LogP) is 1.93. The number of fused-ring (bicyclic) bond motifs is 1. The minimum absolute atomic E-state index is 0.0845. The van der Waals surface area contributed by atoms with Gasteiger partial charge in [-0.25, -0.2) is 10.1 Å². The zero-order chi connectivity index (χ0) is 16.7. The molecule has 1 aliphatic heterocycles. The molecule has 0 aliphatic carbocycles. The van der Waals surface area contributed by atoms with Crippen molar-refractivity contribution in [2.45, 2.75) is 25.8 Å². The van der Waals surface area contributed by atoms with Crippen molar-refractivity contribution in [3.05, 3.63) is 58.0 Å². The number of likely N-dealkylation sites (tertiary alicyclic amines) is 1. The van der Waals surface area contributed by atoms with E-state index in [4.69, 9.17) is 0 Å². The highest BCUT2D eigenvalue weighted by molar-refractivity contribution is 6.04. The number of nitrogens with zero attached hydrogens (tertiary/aromatic N) is 3. The van der Waals surface area contributed by atoms with E-state index in [1.165, 1.54) is 0 Å². The van der Waals surface area contributed by atoms with Gasteiger partial charge < -0.3 is 9.88 Å². The number of benzene rings is 1. The molecule has 0 saturated carbocycles. The van der Waals surface area contributed by atoms with Crippen molar-refractivity contribution in [3.8, 4) is 0 Å². The Labute approximate surface area is 137 Å². The summed E-state index contributed by atoms with van der Waals surface area (Å²) in [6, 6.07) is 6.95. The second kappa shape index (κ2) is 5.59. The monoisotopic (exact) mass is 323 g/mol. The normalized spacial score (nSPS) is 17.5. The Morgan fingerprint density at radius 3 is 2.83 bits per heavy atom. The molecule has 122 valence electrons. The fraction of sp³-hybridized carbons (Fsp3) is 0.294. The smallest absolute Gasteiger partial charge is 0.275 e. The van der Waals surface area contributed by atoms with Gasteiger partial charge in [0.05, 0.1) is 11.4 Å². The fourth-order valence-electron chi connectivity index (χ4n) is 3.31. The van der Waals surface area contributed by atoms with Crippen LogP contribution in [0.4, 0.5) is 0 Å². The third kappa shape index (κ3) is 2.29. The first-order valence-corrected chi connectivity index (χ1v) is 7.95. The lowest BCUT2D eigenvalue weighted by atomic mass is 10.1. The van der Waals surface area contributed by atoms with Crippen molar-refractivity contribution in [2.24, 2.45) is 0 Å². The number of hydrogen-bond donors (Lipinski definition) is 2. The van der Waals surface area contributed by atoms with Crippen LogP contribution in [0, 0.1) is 6.92 Å². The third-order valence-electron chi connectivity index (χ3n) is 4.45. The molecule has 7 nitrogen and oxygen atoms in total. The van der Waals surface area contributed by atoms with Crippen LogP contribution in [0.5, 0.6) is 0 Å². The van der Waals surface area contributed by atoms with Crippen LogP contribution in [-0.4, -0.2) is 37.5 Å². The van der Waals surface area contributed by atoms with Gasteiger partial charge in [0.15, 0.2) is 5.69 Å². The molecule has 4 rings (SSSR count). The summed E-state index contributed by atoms with van der Waals surface area (Å²) in [7, 11) is 0. The van der Waals surface area contributed by atoms with Crippen molar-refractivity contribution in [1.82, 2.24) is 25.1 Å². The van der Waals surface area contributed by atoms with Crippen molar-refractivity contribution < 1.29 is 4.79 Å². The van der Waals surface area contributed by atoms with E-state index in [1.54, 1.807) is 35.4 Å². The van der Waals surface area contributed by atoms with Gasteiger partial charge in [-0.3, -0.25) is 9.59 Å². The Bertz CT molecular complexity index is 974. The maximum absolute atomic E-state index is 13.1. The van der Waals surface area contributed by atoms with Gasteiger partial charge in [-0.2, -0.15) is 5.10 Å². The number of rotatable bonds is 2. The van der Waals surface area contributed by atoms with Gasteiger partial charge in [0.25, 0.3) is 11.5 Å². The molecule has 0 spiro atoms. The quantitative estimate of drug-likeness (QED) is 0.753. The minimum Gasteiger partial charge on any atom is -0.344 e. The first kappa shape index (κ1) is 14.6. The van der Waals surface area contributed by atoms with Crippen LogP contribution in [0.15, 0.2) is 35.3 Å². The minimum atomic E-state index is -0.290. The first-order valence-electron chi connectivity index (χ1n) is 7.95. The van der Waals surface area contributed by atoms with E-state index in [1.807, 2.05) is 6.92 Å². The molecule has 1 saturated heterocycles. The molecule has 24 heavy (non-hydrogen) atoms. The molecule has 1 fully saturated rings. The average Bonchev–Trinajstić information content (AvgIpc) is 3.23. The van der Waals surface area contributed by atoms with Crippen molar-refractivity contribution in [3.63, 3.8) is 0 Å². The number of nitrogens with one attached hydrogen (secondary N) is 2. The Kier molecular flexibility index (Phi) is 3.41. The first-order chi connectivity index (χ1) is 11.6. The van der Waals surface area contributed by atoms with Crippen LogP contribution in [0.1, 0.15) is 40.9 Å². The number of amides is 1. The number of aromatic nitrogens is 4. The van der Waals surface area contributed by atoms with Crippen LogP contribution >= 0.6 is 0 Å². The van der Waals surface area contributed by atoms with Gasteiger partial charge >= 0.3 is 0 Å². The van der Waals surface area contributed by atoms with Crippen LogP contribution in [0.2, 0.25) is 0 Å². The summed E-state index contributed by atoms with van der Waals surface area (Å²) >= 11 is 0. The van der Waals surface area contributed by atoms with E-state index in [-0.39, 0.29) is 23.2 Å². The third-order valence-corrected chi connectivity index (χ3v) is 4.45. The summed E-state index contributed by atoms with van der Waals surface area (Å²) in [5, 5.41) is 7.50. The molecule has 1 aliphatic rings. The molecule has 7 heteroatoms. The zero-order valence-electron chi connectivity index (χ0n) is 13.2. The Morgan fingerprint density at radius 1 is 1.29 bits per heavy atom. The standard InChI is InChI=1S/C17H17N5O2/c1-10-9-18-15(19-10)13-7-4-8-22(13)17(24)14-11-5-2-3-6-12(11)16(23)21-20-14/h2-3,5-6,9,13H,4,7-8H2,1H3,(H,18,19)(H,21,23)/t13-/m1/s1. The van der Waals surface area contributed by atoms with E-state index >= 15 is 0 Å². The lowest BCUT2D eigenvalue weighted by Crippen LogP contribution is -2.32. The number of aromatic amines is 2. The van der Waals surface area contributed by atoms with Crippen molar-refractivity contribution in [1.29, 1.82) is 0 Å². The van der Waals surface area contributed by atoms with Crippen molar-refractivity contribution in [2.75, 3.05) is 6.54 Å². The van der Waals surface area contributed by atoms with Gasteiger partial charge in [-0.05, 0) is 25.8 Å². The summed E-state index contributed by atoms with van der Waals surface area (Å²) in [5.74, 6) is 0.617. The SMILES string of the molecule is Cc1cnc([C@H]2CCCN2C(=O)c2n[nH]c(=O)c3ccccc23)[nH]1. The van der Waals surface area contributed by atoms with E-state index < -0.39 is 0 Å². The summed E-state index contributed by atoms with van der Waals surface area (Å²) in [6.07, 6.45) is 3.54. The van der Waals surface area contributed by atoms with Gasteiger partial charge in [0, 0.05) is 23.8 Å². The van der Waals surface area contributed by atoms with E-state index in [9.17, 15) is 9.59 Å². The molecule has 0 radical (unpaired) electrons. The van der Waals surface area contributed by atoms with Crippen molar-refractivity contribution >= 4 is 16.7 Å². The van der Waals surface area contributed by atoms with E-state index in [0.717, 1.165) is 24.4 Å². The highest BCUT2D eigenvalue weighted by Gasteiger charge is 2.33. The number of imidazole rings is 1. The number of carbonyl (C=O) groups is 1. The zero-order valence-corrected chi connectivity index (χ0v) is 13.2. The molecular weight excluding hydrogens is 306 g/mol. The Hall–Kier alpha value is -2.96. The molecule has 1 atom stereocenters. The summed E-state index contributed by atoms with van der Waals surface area (Å²) in [4.78, 5) is 34.3. The summed E-state index contributed by atoms with van der Waals surface area (Å²) in [5.41, 5.74) is 0.957. The summed E-state index contributed by atoms with van der Waals surface area (Å²) in [6.45, 7) is 2.59. The van der Waals surface area contributed by atoms with Crippen LogP contribution < -0.4 is 5.56 Å². The molecule has 1 amide bonds. The maximum atomic E-state index is 13.1. The molecule has 2 N–H and O–H groups in total. The van der Waals surface area contributed by atoms with Crippen LogP contribution in [0.25, 0.3) is 10.8 Å². The van der Waals surface area contributed by atoms with E-state index in [0.29, 0.717) is 17.3 Å². The second-order valence-electron chi connectivity index (χ2n) is 6.05. The predicted molar refractivity (Wildman–Crippen MR) is 88.7 cm³/mol. The van der Waals surface area contributed by atoms with Gasteiger partial charge in [0.2, 0.25) is 0 Å². The highest BCUT2D eigenvalue weighted by atomic mass is 16.2. The number of H-pyrrole nitrogens is 2. The molecule has 1 aromatic carbocycles. The summed E-state index contributed by atoms with van der Waals surface area (Å²) < 4.78 is 0. The molecule has 0 unspecified atom stereocenters. The molecule has 0 bridgehead atoms. The molecule has 3 aromatic rings. The number of aryl methyl sites for hydroxylation is 1. The lowest BCUT2D eigenvalue weighted by molar-refractivity contribution is 0.0725.